The maximum Gasteiger partial charge on any atom is 0.323 e. The third-order valence-corrected chi connectivity index (χ3v) is 3.26. The molecule has 1 aromatic carbocycles. The summed E-state index contributed by atoms with van der Waals surface area (Å²) in [4.78, 5) is 29.3. The molecule has 0 spiro atoms. The van der Waals surface area contributed by atoms with Crippen molar-refractivity contribution in [2.75, 3.05) is 24.7 Å². The molecule has 2 rings (SSSR count). The summed E-state index contributed by atoms with van der Waals surface area (Å²) in [5.74, 6) is -0.218. The number of aromatic nitrogens is 1. The molecule has 2 N–H and O–H groups in total. The van der Waals surface area contributed by atoms with Crippen LogP contribution in [0.1, 0.15) is 23.0 Å². The second-order valence-electron chi connectivity index (χ2n) is 5.26. The fourth-order valence-electron chi connectivity index (χ4n) is 1.97. The topological polar surface area (TPSA) is 74.3 Å². The molecule has 0 bridgehead atoms. The molecule has 0 aliphatic rings. The highest BCUT2D eigenvalue weighted by molar-refractivity contribution is 6.00. The van der Waals surface area contributed by atoms with E-state index in [1.54, 1.807) is 26.2 Å². The summed E-state index contributed by atoms with van der Waals surface area (Å²) in [7, 11) is 3.30. The van der Waals surface area contributed by atoms with Crippen molar-refractivity contribution in [1.82, 2.24) is 9.88 Å². The first-order valence-electron chi connectivity index (χ1n) is 7.34. The van der Waals surface area contributed by atoms with Crippen LogP contribution in [0.5, 0.6) is 0 Å². The van der Waals surface area contributed by atoms with Crippen molar-refractivity contribution in [3.05, 3.63) is 53.9 Å². The number of anilines is 2. The molecular formula is C17H20N4O2. The maximum absolute atomic E-state index is 12.0. The molecule has 1 heterocycles. The van der Waals surface area contributed by atoms with E-state index in [0.717, 1.165) is 6.42 Å². The van der Waals surface area contributed by atoms with E-state index < -0.39 is 0 Å². The summed E-state index contributed by atoms with van der Waals surface area (Å²) in [5.41, 5.74) is 2.70. The molecular weight excluding hydrogens is 292 g/mol. The van der Waals surface area contributed by atoms with Gasteiger partial charge in [0.1, 0.15) is 5.69 Å². The number of pyridine rings is 1. The predicted octanol–water partition coefficient (Wildman–Crippen LogP) is 2.99. The highest BCUT2D eigenvalue weighted by atomic mass is 16.2. The summed E-state index contributed by atoms with van der Waals surface area (Å²) >= 11 is 0. The molecule has 0 aliphatic carbocycles. The van der Waals surface area contributed by atoms with Crippen LogP contribution < -0.4 is 10.6 Å². The minimum absolute atomic E-state index is 0.218. The first-order chi connectivity index (χ1) is 11.0. The van der Waals surface area contributed by atoms with E-state index in [-0.39, 0.29) is 17.6 Å². The van der Waals surface area contributed by atoms with Crippen LogP contribution in [0.15, 0.2) is 42.6 Å². The molecule has 0 atom stereocenters. The molecule has 3 amide bonds. The third-order valence-electron chi connectivity index (χ3n) is 3.26. The lowest BCUT2D eigenvalue weighted by molar-refractivity contribution is 0.0822. The predicted molar refractivity (Wildman–Crippen MR) is 90.7 cm³/mol. The van der Waals surface area contributed by atoms with Crippen molar-refractivity contribution in [2.45, 2.75) is 13.3 Å². The molecule has 0 fully saturated rings. The molecule has 6 heteroatoms. The lowest BCUT2D eigenvalue weighted by atomic mass is 10.1. The normalized spacial score (nSPS) is 10.0. The standard InChI is InChI=1S/C17H20N4O2/c1-4-12-5-7-13(8-6-12)19-17(23)20-14-9-10-18-15(11-14)16(22)21(2)3/h5-11H,4H2,1-3H3,(H2,18,19,20,23). The van der Waals surface area contributed by atoms with E-state index in [0.29, 0.717) is 11.4 Å². The van der Waals surface area contributed by atoms with Crippen LogP contribution in [0, 0.1) is 0 Å². The largest absolute Gasteiger partial charge is 0.343 e. The Kier molecular flexibility index (Phi) is 5.30. The Morgan fingerprint density at radius 3 is 2.30 bits per heavy atom. The number of hydrogen-bond donors (Lipinski definition) is 2. The number of rotatable bonds is 4. The number of aryl methyl sites for hydroxylation is 1. The zero-order chi connectivity index (χ0) is 16.8. The van der Waals surface area contributed by atoms with Crippen molar-refractivity contribution >= 4 is 23.3 Å². The van der Waals surface area contributed by atoms with Crippen molar-refractivity contribution in [1.29, 1.82) is 0 Å². The van der Waals surface area contributed by atoms with E-state index >= 15 is 0 Å². The molecule has 1 aromatic heterocycles. The van der Waals surface area contributed by atoms with Gasteiger partial charge in [-0.3, -0.25) is 9.78 Å². The Morgan fingerprint density at radius 2 is 1.70 bits per heavy atom. The second-order valence-corrected chi connectivity index (χ2v) is 5.26. The van der Waals surface area contributed by atoms with Gasteiger partial charge in [0, 0.05) is 31.7 Å². The molecule has 6 nitrogen and oxygen atoms in total. The number of hydrogen-bond acceptors (Lipinski definition) is 3. The third kappa shape index (κ3) is 4.54. The number of carbonyl (C=O) groups is 2. The zero-order valence-electron chi connectivity index (χ0n) is 13.5. The SMILES string of the molecule is CCc1ccc(NC(=O)Nc2ccnc(C(=O)N(C)C)c2)cc1. The molecule has 0 saturated heterocycles. The van der Waals surface area contributed by atoms with Gasteiger partial charge in [0.2, 0.25) is 0 Å². The first kappa shape index (κ1) is 16.5. The Morgan fingerprint density at radius 1 is 1.04 bits per heavy atom. The van der Waals surface area contributed by atoms with E-state index in [4.69, 9.17) is 0 Å². The van der Waals surface area contributed by atoms with Gasteiger partial charge in [-0.1, -0.05) is 19.1 Å². The lowest BCUT2D eigenvalue weighted by Gasteiger charge is -2.11. The number of amides is 3. The van der Waals surface area contributed by atoms with Gasteiger partial charge in [0.15, 0.2) is 0 Å². The smallest absolute Gasteiger partial charge is 0.323 e. The Labute approximate surface area is 135 Å². The Hall–Kier alpha value is -2.89. The van der Waals surface area contributed by atoms with Gasteiger partial charge in [0.05, 0.1) is 0 Å². The van der Waals surface area contributed by atoms with Crippen LogP contribution >= 0.6 is 0 Å². The molecule has 23 heavy (non-hydrogen) atoms. The van der Waals surface area contributed by atoms with Crippen LogP contribution in [-0.2, 0) is 6.42 Å². The summed E-state index contributed by atoms with van der Waals surface area (Å²) < 4.78 is 0. The highest BCUT2D eigenvalue weighted by Gasteiger charge is 2.11. The molecule has 2 aromatic rings. The van der Waals surface area contributed by atoms with Gasteiger partial charge in [-0.2, -0.15) is 0 Å². The van der Waals surface area contributed by atoms with Crippen molar-refractivity contribution in [3.63, 3.8) is 0 Å². The summed E-state index contributed by atoms with van der Waals surface area (Å²) in [5, 5.41) is 5.44. The quantitative estimate of drug-likeness (QED) is 0.911. The number of nitrogens with zero attached hydrogens (tertiary/aromatic N) is 2. The van der Waals surface area contributed by atoms with Gasteiger partial charge in [0.25, 0.3) is 5.91 Å². The summed E-state index contributed by atoms with van der Waals surface area (Å²) in [6, 6.07) is 10.4. The number of carbonyl (C=O) groups excluding carboxylic acids is 2. The van der Waals surface area contributed by atoms with Crippen LogP contribution in [0.3, 0.4) is 0 Å². The molecule has 0 saturated carbocycles. The van der Waals surface area contributed by atoms with Gasteiger partial charge in [-0.05, 0) is 36.2 Å². The highest BCUT2D eigenvalue weighted by Crippen LogP contribution is 2.12. The number of urea groups is 1. The monoisotopic (exact) mass is 312 g/mol. The van der Waals surface area contributed by atoms with Crippen LogP contribution in [-0.4, -0.2) is 35.9 Å². The van der Waals surface area contributed by atoms with Crippen LogP contribution in [0.2, 0.25) is 0 Å². The van der Waals surface area contributed by atoms with E-state index in [9.17, 15) is 9.59 Å². The molecule has 0 radical (unpaired) electrons. The summed E-state index contributed by atoms with van der Waals surface area (Å²) in [6.07, 6.45) is 2.44. The van der Waals surface area contributed by atoms with Gasteiger partial charge in [-0.25, -0.2) is 4.79 Å². The van der Waals surface area contributed by atoms with Gasteiger partial charge in [-0.15, -0.1) is 0 Å². The average molecular weight is 312 g/mol. The van der Waals surface area contributed by atoms with E-state index in [2.05, 4.69) is 22.5 Å². The molecule has 0 aliphatic heterocycles. The van der Waals surface area contributed by atoms with E-state index in [1.165, 1.54) is 16.7 Å². The fraction of sp³-hybridized carbons (Fsp3) is 0.235. The Balaban J connectivity index is 2.02. The average Bonchev–Trinajstić information content (AvgIpc) is 2.55. The maximum atomic E-state index is 12.0. The zero-order valence-corrected chi connectivity index (χ0v) is 13.5. The van der Waals surface area contributed by atoms with Gasteiger partial charge < -0.3 is 15.5 Å². The van der Waals surface area contributed by atoms with Crippen LogP contribution in [0.25, 0.3) is 0 Å². The fourth-order valence-corrected chi connectivity index (χ4v) is 1.97. The van der Waals surface area contributed by atoms with Crippen molar-refractivity contribution in [3.8, 4) is 0 Å². The molecule has 120 valence electrons. The Bertz CT molecular complexity index is 696. The van der Waals surface area contributed by atoms with Crippen molar-refractivity contribution in [2.24, 2.45) is 0 Å². The van der Waals surface area contributed by atoms with Gasteiger partial charge >= 0.3 is 6.03 Å². The number of benzene rings is 1. The molecule has 0 unspecified atom stereocenters. The summed E-state index contributed by atoms with van der Waals surface area (Å²) in [6.45, 7) is 2.07. The van der Waals surface area contributed by atoms with Crippen LogP contribution in [0.4, 0.5) is 16.2 Å². The number of nitrogens with one attached hydrogen (secondary N) is 2. The minimum Gasteiger partial charge on any atom is -0.343 e. The first-order valence-corrected chi connectivity index (χ1v) is 7.34. The lowest BCUT2D eigenvalue weighted by Crippen LogP contribution is -2.23. The second kappa shape index (κ2) is 7.40. The minimum atomic E-state index is -0.372. The van der Waals surface area contributed by atoms with E-state index in [1.807, 2.05) is 24.3 Å². The van der Waals surface area contributed by atoms with Crippen molar-refractivity contribution < 1.29 is 9.59 Å².